The molecule has 0 aliphatic heterocycles. The summed E-state index contributed by atoms with van der Waals surface area (Å²) >= 11 is 0. The first-order chi connectivity index (χ1) is 20.4. The minimum atomic E-state index is -5.85. The molecule has 0 spiro atoms. The van der Waals surface area contributed by atoms with E-state index >= 15 is 0 Å². The molecule has 1 aromatic heterocycles. The fraction of sp³-hybridized carbons (Fsp3) is 0.0968. The van der Waals surface area contributed by atoms with Gasteiger partial charge in [0.15, 0.2) is 11.6 Å². The molecule has 0 radical (unpaired) electrons. The summed E-state index contributed by atoms with van der Waals surface area (Å²) < 4.78 is 68.5. The standard InChI is InChI=1S/C31H21F5N4O3/c1-19(41)26-7-2-3-8-27(26)21-5-4-6-22(17-21)29(42)38-23-11-9-20(10-12-23)28-37-18-40(39-28)24-13-15-25(16-14-24)43-31(35,36)30(32,33)34/h2-18H,1H3,(H,38,42). The Bertz CT molecular complexity index is 1780. The van der Waals surface area contributed by atoms with Crippen molar-refractivity contribution in [2.45, 2.75) is 19.2 Å². The Balaban J connectivity index is 1.26. The van der Waals surface area contributed by atoms with Gasteiger partial charge < -0.3 is 10.1 Å². The molecule has 0 unspecified atom stereocenters. The Hall–Kier alpha value is -5.39. The van der Waals surface area contributed by atoms with E-state index in [0.29, 0.717) is 33.9 Å². The summed E-state index contributed by atoms with van der Waals surface area (Å²) in [4.78, 5) is 29.2. The lowest BCUT2D eigenvalue weighted by molar-refractivity contribution is -0.360. The topological polar surface area (TPSA) is 86.1 Å². The van der Waals surface area contributed by atoms with Crippen molar-refractivity contribution in [1.82, 2.24) is 14.8 Å². The number of carbonyl (C=O) groups is 2. The highest BCUT2D eigenvalue weighted by Crippen LogP contribution is 2.37. The molecule has 0 aliphatic carbocycles. The molecular formula is C31H21F5N4O3. The Morgan fingerprint density at radius 3 is 2.19 bits per heavy atom. The monoisotopic (exact) mass is 592 g/mol. The van der Waals surface area contributed by atoms with Gasteiger partial charge in [-0.2, -0.15) is 22.0 Å². The number of hydrogen-bond acceptors (Lipinski definition) is 5. The molecule has 0 fully saturated rings. The average Bonchev–Trinajstić information content (AvgIpc) is 3.48. The minimum Gasteiger partial charge on any atom is -0.426 e. The molecule has 0 saturated carbocycles. The number of nitrogens with zero attached hydrogens (tertiary/aromatic N) is 3. The first-order valence-electron chi connectivity index (χ1n) is 12.7. The van der Waals surface area contributed by atoms with Gasteiger partial charge in [0.1, 0.15) is 12.1 Å². The summed E-state index contributed by atoms with van der Waals surface area (Å²) in [5.41, 5.74) is 3.88. The van der Waals surface area contributed by atoms with E-state index < -0.39 is 18.0 Å². The molecule has 5 aromatic rings. The number of carbonyl (C=O) groups excluding carboxylic acids is 2. The number of halogens is 5. The van der Waals surface area contributed by atoms with Gasteiger partial charge in [0, 0.05) is 22.4 Å². The zero-order valence-electron chi connectivity index (χ0n) is 22.3. The van der Waals surface area contributed by atoms with E-state index in [-0.39, 0.29) is 11.7 Å². The molecule has 1 N–H and O–H groups in total. The van der Waals surface area contributed by atoms with Crippen LogP contribution in [0.5, 0.6) is 5.75 Å². The number of aromatic nitrogens is 3. The predicted octanol–water partition coefficient (Wildman–Crippen LogP) is 7.59. The lowest BCUT2D eigenvalue weighted by atomic mass is 9.96. The number of ether oxygens (including phenoxy) is 1. The molecule has 0 saturated heterocycles. The van der Waals surface area contributed by atoms with Gasteiger partial charge in [-0.15, -0.1) is 5.10 Å². The quantitative estimate of drug-likeness (QED) is 0.148. The van der Waals surface area contributed by atoms with Crippen LogP contribution in [0.1, 0.15) is 27.6 Å². The lowest BCUT2D eigenvalue weighted by Gasteiger charge is -2.20. The highest BCUT2D eigenvalue weighted by atomic mass is 19.4. The van der Waals surface area contributed by atoms with Gasteiger partial charge in [-0.3, -0.25) is 9.59 Å². The Morgan fingerprint density at radius 1 is 0.814 bits per heavy atom. The van der Waals surface area contributed by atoms with Crippen LogP contribution in [-0.2, 0) is 0 Å². The van der Waals surface area contributed by atoms with Crippen LogP contribution < -0.4 is 10.1 Å². The number of nitrogens with one attached hydrogen (secondary N) is 1. The summed E-state index contributed by atoms with van der Waals surface area (Å²) in [6.07, 6.45) is -9.82. The number of Topliss-reactive ketones (excluding diaryl/α,β-unsaturated/α-hetero) is 1. The smallest absolute Gasteiger partial charge is 0.426 e. The molecule has 1 amide bonds. The molecule has 5 rings (SSSR count). The summed E-state index contributed by atoms with van der Waals surface area (Å²) in [7, 11) is 0. The van der Waals surface area contributed by atoms with Crippen molar-refractivity contribution in [3.8, 4) is 34.0 Å². The molecule has 0 aliphatic rings. The third-order valence-corrected chi connectivity index (χ3v) is 6.31. The first kappa shape index (κ1) is 29.1. The Labute approximate surface area is 241 Å². The number of ketones is 1. The summed E-state index contributed by atoms with van der Waals surface area (Å²) in [6, 6.07) is 25.3. The van der Waals surface area contributed by atoms with Gasteiger partial charge in [0.2, 0.25) is 0 Å². The van der Waals surface area contributed by atoms with Gasteiger partial charge in [0.25, 0.3) is 5.91 Å². The van der Waals surface area contributed by atoms with Crippen LogP contribution >= 0.6 is 0 Å². The molecule has 12 heteroatoms. The van der Waals surface area contributed by atoms with Crippen molar-refractivity contribution in [3.05, 3.63) is 115 Å². The van der Waals surface area contributed by atoms with Crippen LogP contribution in [0.4, 0.5) is 27.6 Å². The fourth-order valence-corrected chi connectivity index (χ4v) is 4.17. The van der Waals surface area contributed by atoms with E-state index in [9.17, 15) is 31.5 Å². The second-order valence-electron chi connectivity index (χ2n) is 9.34. The van der Waals surface area contributed by atoms with Crippen LogP contribution in [-0.4, -0.2) is 38.7 Å². The van der Waals surface area contributed by atoms with E-state index in [1.165, 1.54) is 30.1 Å². The van der Waals surface area contributed by atoms with Gasteiger partial charge in [-0.1, -0.05) is 36.4 Å². The maximum atomic E-state index is 13.1. The van der Waals surface area contributed by atoms with E-state index in [0.717, 1.165) is 23.3 Å². The zero-order chi connectivity index (χ0) is 30.8. The maximum absolute atomic E-state index is 13.1. The molecule has 0 atom stereocenters. The summed E-state index contributed by atoms with van der Waals surface area (Å²) in [5.74, 6) is -0.794. The van der Waals surface area contributed by atoms with Crippen molar-refractivity contribution in [2.75, 3.05) is 5.32 Å². The van der Waals surface area contributed by atoms with E-state index in [1.54, 1.807) is 54.6 Å². The van der Waals surface area contributed by atoms with Crippen molar-refractivity contribution < 1.29 is 36.3 Å². The van der Waals surface area contributed by atoms with Crippen molar-refractivity contribution in [1.29, 1.82) is 0 Å². The number of alkyl halides is 5. The Morgan fingerprint density at radius 2 is 1.51 bits per heavy atom. The van der Waals surface area contributed by atoms with Crippen LogP contribution in [0.15, 0.2) is 103 Å². The third kappa shape index (κ3) is 6.43. The van der Waals surface area contributed by atoms with Crippen LogP contribution in [0.25, 0.3) is 28.2 Å². The number of anilines is 1. The average molecular weight is 593 g/mol. The predicted molar refractivity (Wildman–Crippen MR) is 148 cm³/mol. The molecule has 43 heavy (non-hydrogen) atoms. The normalized spacial score (nSPS) is 11.7. The van der Waals surface area contributed by atoms with Gasteiger partial charge in [-0.25, -0.2) is 9.67 Å². The number of amides is 1. The largest absolute Gasteiger partial charge is 0.499 e. The minimum absolute atomic E-state index is 0.0791. The number of hydrogen-bond donors (Lipinski definition) is 1. The van der Waals surface area contributed by atoms with Gasteiger partial charge >= 0.3 is 12.3 Å². The zero-order valence-corrected chi connectivity index (χ0v) is 22.3. The Kier molecular flexibility index (Phi) is 7.77. The summed E-state index contributed by atoms with van der Waals surface area (Å²) in [5, 5.41) is 7.14. The highest BCUT2D eigenvalue weighted by molar-refractivity contribution is 6.06. The third-order valence-electron chi connectivity index (χ3n) is 6.31. The van der Waals surface area contributed by atoms with Crippen LogP contribution in [0.3, 0.4) is 0 Å². The molecule has 4 aromatic carbocycles. The number of benzene rings is 4. The highest BCUT2D eigenvalue weighted by Gasteiger charge is 2.61. The van der Waals surface area contributed by atoms with Gasteiger partial charge in [0.05, 0.1) is 5.69 Å². The van der Waals surface area contributed by atoms with Gasteiger partial charge in [-0.05, 0) is 78.7 Å². The van der Waals surface area contributed by atoms with E-state index in [4.69, 9.17) is 0 Å². The van der Waals surface area contributed by atoms with E-state index in [2.05, 4.69) is 20.1 Å². The van der Waals surface area contributed by atoms with Crippen molar-refractivity contribution >= 4 is 17.4 Å². The maximum Gasteiger partial charge on any atom is 0.499 e. The second-order valence-corrected chi connectivity index (χ2v) is 9.34. The molecular weight excluding hydrogens is 571 g/mol. The van der Waals surface area contributed by atoms with Crippen molar-refractivity contribution in [3.63, 3.8) is 0 Å². The molecule has 0 bridgehead atoms. The molecule has 7 nitrogen and oxygen atoms in total. The van der Waals surface area contributed by atoms with Crippen LogP contribution in [0.2, 0.25) is 0 Å². The second kappa shape index (κ2) is 11.5. The first-order valence-corrected chi connectivity index (χ1v) is 12.7. The SMILES string of the molecule is CC(=O)c1ccccc1-c1cccc(C(=O)Nc2ccc(-c3ncn(-c4ccc(OC(F)(F)C(F)(F)F)cc4)n3)cc2)c1. The number of rotatable bonds is 8. The molecule has 218 valence electrons. The fourth-order valence-electron chi connectivity index (χ4n) is 4.17. The van der Waals surface area contributed by atoms with Crippen LogP contribution in [0, 0.1) is 0 Å². The van der Waals surface area contributed by atoms with E-state index in [1.807, 2.05) is 18.2 Å². The van der Waals surface area contributed by atoms with Crippen molar-refractivity contribution in [2.24, 2.45) is 0 Å². The lowest BCUT2D eigenvalue weighted by Crippen LogP contribution is -2.41. The molecule has 1 heterocycles. The summed E-state index contributed by atoms with van der Waals surface area (Å²) in [6.45, 7) is 1.49.